The number of thiophene rings is 1. The summed E-state index contributed by atoms with van der Waals surface area (Å²) in [7, 11) is 1.80. The number of hydrogen-bond donors (Lipinski definition) is 2. The smallest absolute Gasteiger partial charge is 0.191 e. The number of aryl methyl sites for hydroxylation is 1. The van der Waals surface area contributed by atoms with Crippen LogP contribution in [0.15, 0.2) is 40.7 Å². The van der Waals surface area contributed by atoms with E-state index in [1.165, 1.54) is 22.6 Å². The molecule has 0 bridgehead atoms. The Morgan fingerprint density at radius 1 is 1.11 bits per heavy atom. The highest BCUT2D eigenvalue weighted by Gasteiger charge is 2.16. The summed E-state index contributed by atoms with van der Waals surface area (Å²) in [4.78, 5) is 10.4. The highest BCUT2D eigenvalue weighted by molar-refractivity contribution is 14.0. The van der Waals surface area contributed by atoms with Gasteiger partial charge in [-0.05, 0) is 48.2 Å². The van der Waals surface area contributed by atoms with Gasteiger partial charge in [-0.25, -0.2) is 4.39 Å². The summed E-state index contributed by atoms with van der Waals surface area (Å²) < 4.78 is 13.1. The summed E-state index contributed by atoms with van der Waals surface area (Å²) in [6, 6.07) is 8.92. The molecule has 1 aliphatic rings. The van der Waals surface area contributed by atoms with E-state index in [4.69, 9.17) is 0 Å². The van der Waals surface area contributed by atoms with Crippen LogP contribution in [0.2, 0.25) is 0 Å². The summed E-state index contributed by atoms with van der Waals surface area (Å²) in [5.41, 5.74) is 2.42. The fourth-order valence-corrected chi connectivity index (χ4v) is 4.03. The Morgan fingerprint density at radius 2 is 1.82 bits per heavy atom. The number of aliphatic imine (C=N–C) groups is 1. The third-order valence-electron chi connectivity index (χ3n) is 4.89. The molecule has 0 unspecified atom stereocenters. The zero-order chi connectivity index (χ0) is 19.1. The predicted molar refractivity (Wildman–Crippen MR) is 128 cm³/mol. The van der Waals surface area contributed by atoms with Crippen LogP contribution in [-0.2, 0) is 6.54 Å². The monoisotopic (exact) mass is 517 g/mol. The molecule has 1 fully saturated rings. The second-order valence-electron chi connectivity index (χ2n) is 6.68. The Balaban J connectivity index is 0.00000280. The zero-order valence-corrected chi connectivity index (χ0v) is 19.6. The van der Waals surface area contributed by atoms with Gasteiger partial charge in [0.05, 0.1) is 6.54 Å². The van der Waals surface area contributed by atoms with Gasteiger partial charge in [0.2, 0.25) is 0 Å². The minimum Gasteiger partial charge on any atom is -0.369 e. The van der Waals surface area contributed by atoms with Gasteiger partial charge in [0.25, 0.3) is 0 Å². The van der Waals surface area contributed by atoms with Gasteiger partial charge in [-0.15, -0.1) is 35.3 Å². The Bertz CT molecular complexity index is 741. The van der Waals surface area contributed by atoms with Crippen LogP contribution < -0.4 is 15.5 Å². The first kappa shape index (κ1) is 22.9. The molecule has 1 aromatic heterocycles. The average Bonchev–Trinajstić information content (AvgIpc) is 3.10. The molecule has 0 amide bonds. The van der Waals surface area contributed by atoms with Crippen LogP contribution in [0, 0.1) is 12.7 Å². The summed E-state index contributed by atoms with van der Waals surface area (Å²) in [5.74, 6) is 0.660. The van der Waals surface area contributed by atoms with Crippen molar-refractivity contribution in [2.45, 2.75) is 13.5 Å². The normalized spacial score (nSPS) is 15.2. The first-order valence-electron chi connectivity index (χ1n) is 9.36. The van der Waals surface area contributed by atoms with Gasteiger partial charge in [-0.1, -0.05) is 0 Å². The molecular weight excluding hydrogens is 488 g/mol. The van der Waals surface area contributed by atoms with Crippen molar-refractivity contribution >= 4 is 47.0 Å². The second kappa shape index (κ2) is 11.6. The molecule has 154 valence electrons. The van der Waals surface area contributed by atoms with E-state index < -0.39 is 0 Å². The van der Waals surface area contributed by atoms with Crippen LogP contribution in [0.1, 0.15) is 10.4 Å². The molecule has 5 nitrogen and oxygen atoms in total. The predicted octanol–water partition coefficient (Wildman–Crippen LogP) is 3.30. The van der Waals surface area contributed by atoms with E-state index in [0.29, 0.717) is 0 Å². The van der Waals surface area contributed by atoms with Crippen molar-refractivity contribution in [1.82, 2.24) is 15.5 Å². The molecule has 0 atom stereocenters. The van der Waals surface area contributed by atoms with E-state index in [-0.39, 0.29) is 29.8 Å². The van der Waals surface area contributed by atoms with Gasteiger partial charge in [-0.3, -0.25) is 9.89 Å². The van der Waals surface area contributed by atoms with E-state index in [2.05, 4.69) is 43.8 Å². The van der Waals surface area contributed by atoms with E-state index in [0.717, 1.165) is 57.5 Å². The summed E-state index contributed by atoms with van der Waals surface area (Å²) >= 11 is 1.77. The van der Waals surface area contributed by atoms with Crippen molar-refractivity contribution in [1.29, 1.82) is 0 Å². The van der Waals surface area contributed by atoms with E-state index in [1.807, 2.05) is 12.1 Å². The van der Waals surface area contributed by atoms with Crippen molar-refractivity contribution in [3.8, 4) is 0 Å². The summed E-state index contributed by atoms with van der Waals surface area (Å²) in [6.07, 6.45) is 0. The van der Waals surface area contributed by atoms with E-state index in [9.17, 15) is 4.39 Å². The lowest BCUT2D eigenvalue weighted by Gasteiger charge is -2.36. The Morgan fingerprint density at radius 3 is 2.43 bits per heavy atom. The van der Waals surface area contributed by atoms with Crippen LogP contribution in [0.3, 0.4) is 0 Å². The van der Waals surface area contributed by atoms with Crippen LogP contribution >= 0.6 is 35.3 Å². The summed E-state index contributed by atoms with van der Waals surface area (Å²) in [5, 5.41) is 8.89. The van der Waals surface area contributed by atoms with Crippen molar-refractivity contribution in [2.75, 3.05) is 51.2 Å². The minimum absolute atomic E-state index is 0. The lowest BCUT2D eigenvalue weighted by molar-refractivity contribution is 0.261. The SMILES string of the molecule is CN=C(NCCN1CCN(c2ccc(F)cc2)CC1)NCc1sccc1C.I. The quantitative estimate of drug-likeness (QED) is 0.351. The van der Waals surface area contributed by atoms with Crippen LogP contribution in [0.5, 0.6) is 0 Å². The number of hydrogen-bond acceptors (Lipinski definition) is 4. The minimum atomic E-state index is -0.181. The maximum Gasteiger partial charge on any atom is 0.191 e. The van der Waals surface area contributed by atoms with Crippen molar-refractivity contribution in [2.24, 2.45) is 4.99 Å². The van der Waals surface area contributed by atoms with Crippen LogP contribution in [-0.4, -0.2) is 57.2 Å². The van der Waals surface area contributed by atoms with Crippen LogP contribution in [0.4, 0.5) is 10.1 Å². The lowest BCUT2D eigenvalue weighted by Crippen LogP contribution is -2.49. The molecule has 2 heterocycles. The largest absolute Gasteiger partial charge is 0.369 e. The third kappa shape index (κ3) is 6.59. The average molecular weight is 517 g/mol. The second-order valence-corrected chi connectivity index (χ2v) is 7.69. The number of benzene rings is 1. The molecule has 1 saturated heterocycles. The Hall–Kier alpha value is -1.39. The van der Waals surface area contributed by atoms with Crippen LogP contribution in [0.25, 0.3) is 0 Å². The molecule has 0 spiro atoms. The maximum absolute atomic E-state index is 13.1. The van der Waals surface area contributed by atoms with E-state index >= 15 is 0 Å². The molecule has 0 aliphatic carbocycles. The first-order chi connectivity index (χ1) is 13.2. The topological polar surface area (TPSA) is 42.9 Å². The molecule has 28 heavy (non-hydrogen) atoms. The van der Waals surface area contributed by atoms with Crippen molar-refractivity contribution < 1.29 is 4.39 Å². The molecular formula is C20H29FIN5S. The number of nitrogens with one attached hydrogen (secondary N) is 2. The van der Waals surface area contributed by atoms with Gasteiger partial charge in [0.1, 0.15) is 5.82 Å². The zero-order valence-electron chi connectivity index (χ0n) is 16.4. The number of rotatable bonds is 6. The van der Waals surface area contributed by atoms with Crippen molar-refractivity contribution in [3.63, 3.8) is 0 Å². The lowest BCUT2D eigenvalue weighted by atomic mass is 10.2. The van der Waals surface area contributed by atoms with Gasteiger partial charge in [-0.2, -0.15) is 0 Å². The maximum atomic E-state index is 13.1. The van der Waals surface area contributed by atoms with Gasteiger partial charge in [0.15, 0.2) is 5.96 Å². The molecule has 3 rings (SSSR count). The standard InChI is InChI=1S/C20H28FN5S.HI/c1-16-7-14-27-19(16)15-24-20(22-2)23-8-9-25-10-12-26(13-11-25)18-5-3-17(21)4-6-18;/h3-7,14H,8-13,15H2,1-2H3,(H2,22,23,24);1H. The Labute approximate surface area is 188 Å². The third-order valence-corrected chi connectivity index (χ3v) is 5.92. The molecule has 2 N–H and O–H groups in total. The fourth-order valence-electron chi connectivity index (χ4n) is 3.18. The first-order valence-corrected chi connectivity index (χ1v) is 10.2. The van der Waals surface area contributed by atoms with Gasteiger partial charge < -0.3 is 15.5 Å². The molecule has 1 aromatic carbocycles. The molecule has 8 heteroatoms. The number of guanidine groups is 1. The molecule has 2 aromatic rings. The number of nitrogens with zero attached hydrogens (tertiary/aromatic N) is 3. The summed E-state index contributed by atoms with van der Waals surface area (Å²) in [6.45, 7) is 8.75. The number of anilines is 1. The molecule has 0 radical (unpaired) electrons. The Kier molecular flexibility index (Phi) is 9.46. The van der Waals surface area contributed by atoms with Gasteiger partial charge in [0, 0.05) is 56.9 Å². The molecule has 1 aliphatic heterocycles. The van der Waals surface area contributed by atoms with Crippen molar-refractivity contribution in [3.05, 3.63) is 52.0 Å². The molecule has 0 saturated carbocycles. The van der Waals surface area contributed by atoms with E-state index in [1.54, 1.807) is 18.4 Å². The number of piperazine rings is 1. The van der Waals surface area contributed by atoms with Gasteiger partial charge >= 0.3 is 0 Å². The highest BCUT2D eigenvalue weighted by atomic mass is 127. The number of halogens is 2. The fraction of sp³-hybridized carbons (Fsp3) is 0.450. The highest BCUT2D eigenvalue weighted by Crippen LogP contribution is 2.17.